The molecule has 3 aromatic rings. The number of nitrogens with two attached hydrogens (primary N) is 1. The predicted octanol–water partition coefficient (Wildman–Crippen LogP) is 3.28. The molecule has 1 aliphatic rings. The molecule has 1 aliphatic carbocycles. The number of aromatic nitrogens is 3. The van der Waals surface area contributed by atoms with Crippen LogP contribution in [0.4, 0.5) is 9.52 Å². The Hall–Kier alpha value is -2.67. The summed E-state index contributed by atoms with van der Waals surface area (Å²) in [6, 6.07) is 3.32. The fourth-order valence-electron chi connectivity index (χ4n) is 3.08. The van der Waals surface area contributed by atoms with Crippen LogP contribution >= 0.6 is 23.7 Å². The van der Waals surface area contributed by atoms with Crippen LogP contribution in [0.15, 0.2) is 36.0 Å². The number of carbonyl (C=O) groups excluding carboxylic acids is 1. The molecule has 0 aliphatic heterocycles. The molecule has 1 aromatic carbocycles. The number of hydrogen-bond acceptors (Lipinski definition) is 9. The topological polar surface area (TPSA) is 137 Å². The van der Waals surface area contributed by atoms with Gasteiger partial charge in [0.1, 0.15) is 11.9 Å². The Morgan fingerprint density at radius 3 is 2.76 bits per heavy atom. The lowest BCUT2D eigenvalue weighted by Gasteiger charge is -2.10. The lowest BCUT2D eigenvalue weighted by molar-refractivity contribution is -0.119. The van der Waals surface area contributed by atoms with Crippen molar-refractivity contribution >= 4 is 44.7 Å². The molecule has 9 nitrogen and oxygen atoms in total. The van der Waals surface area contributed by atoms with Crippen molar-refractivity contribution < 1.29 is 22.3 Å². The molecule has 0 amide bonds. The minimum absolute atomic E-state index is 0. The van der Waals surface area contributed by atoms with Gasteiger partial charge in [-0.25, -0.2) is 22.8 Å². The van der Waals surface area contributed by atoms with Crippen molar-refractivity contribution in [2.45, 2.75) is 37.5 Å². The molecule has 1 atom stereocenters. The van der Waals surface area contributed by atoms with E-state index in [1.54, 1.807) is 6.07 Å². The summed E-state index contributed by atoms with van der Waals surface area (Å²) >= 11 is 1.05. The highest BCUT2D eigenvalue weighted by Gasteiger charge is 2.36. The maximum atomic E-state index is 14.7. The maximum Gasteiger partial charge on any atom is 0.237 e. The minimum atomic E-state index is -3.45. The van der Waals surface area contributed by atoms with E-state index in [1.165, 1.54) is 29.9 Å². The summed E-state index contributed by atoms with van der Waals surface area (Å²) in [5.74, 6) is -0.683. The van der Waals surface area contributed by atoms with Crippen LogP contribution in [0, 0.1) is 5.82 Å². The van der Waals surface area contributed by atoms with Crippen molar-refractivity contribution in [2.24, 2.45) is 5.73 Å². The third-order valence-electron chi connectivity index (χ3n) is 5.00. The predicted molar refractivity (Wildman–Crippen MR) is 129 cm³/mol. The van der Waals surface area contributed by atoms with Gasteiger partial charge in [-0.05, 0) is 31.4 Å². The van der Waals surface area contributed by atoms with Crippen molar-refractivity contribution in [2.75, 3.05) is 11.3 Å². The Morgan fingerprint density at radius 1 is 1.32 bits per heavy atom. The molecule has 0 bridgehead atoms. The van der Waals surface area contributed by atoms with Gasteiger partial charge in [0.25, 0.3) is 0 Å². The van der Waals surface area contributed by atoms with Crippen LogP contribution in [-0.4, -0.2) is 41.0 Å². The first kappa shape index (κ1) is 25.9. The number of benzene rings is 1. The zero-order valence-electron chi connectivity index (χ0n) is 18.1. The lowest BCUT2D eigenvalue weighted by Crippen LogP contribution is -2.24. The Bertz CT molecular complexity index is 1280. The fraction of sp³-hybridized carbons (Fsp3) is 0.333. The summed E-state index contributed by atoms with van der Waals surface area (Å²) < 4.78 is 46.5. The van der Waals surface area contributed by atoms with Crippen LogP contribution in [0.3, 0.4) is 0 Å². The van der Waals surface area contributed by atoms with E-state index >= 15 is 0 Å². The molecule has 2 aromatic heterocycles. The zero-order valence-corrected chi connectivity index (χ0v) is 20.6. The van der Waals surface area contributed by atoms with E-state index in [0.29, 0.717) is 36.6 Å². The second-order valence-corrected chi connectivity index (χ2v) is 10.3. The average Bonchev–Trinajstić information content (AvgIpc) is 3.56. The Kier molecular flexibility index (Phi) is 8.18. The third-order valence-corrected chi connectivity index (χ3v) is 7.73. The Morgan fingerprint density at radius 2 is 2.09 bits per heavy atom. The molecule has 1 unspecified atom stereocenters. The van der Waals surface area contributed by atoms with Crippen LogP contribution in [-0.2, 0) is 21.2 Å². The SMILES string of the molecule is CCOc1cncc(-c2ccc(CC(=O)C(N)c3csc(NS(=O)(=O)C4CC4)n3)c(F)c2)n1.Cl. The van der Waals surface area contributed by atoms with Gasteiger partial charge in [0.15, 0.2) is 10.9 Å². The van der Waals surface area contributed by atoms with E-state index in [4.69, 9.17) is 10.5 Å². The van der Waals surface area contributed by atoms with E-state index in [0.717, 1.165) is 11.3 Å². The molecule has 3 N–H and O–H groups in total. The molecule has 182 valence electrons. The number of sulfonamides is 1. The quantitative estimate of drug-likeness (QED) is 0.410. The first-order valence-corrected chi connectivity index (χ1v) is 12.7. The van der Waals surface area contributed by atoms with Crippen LogP contribution in [0.25, 0.3) is 11.3 Å². The Balaban J connectivity index is 0.00000324. The van der Waals surface area contributed by atoms with Gasteiger partial charge in [0.2, 0.25) is 15.9 Å². The largest absolute Gasteiger partial charge is 0.477 e. The molecule has 0 radical (unpaired) electrons. The number of carbonyl (C=O) groups is 1. The van der Waals surface area contributed by atoms with Gasteiger partial charge in [-0.15, -0.1) is 23.7 Å². The van der Waals surface area contributed by atoms with E-state index in [2.05, 4.69) is 19.7 Å². The molecule has 0 saturated heterocycles. The standard InChI is InChI=1S/C21H22FN5O4S2.ClH/c1-2-31-19-10-24-9-16(25-19)13-4-3-12(15(22)7-13)8-18(28)20(23)17-11-32-21(26-17)27-33(29,30)14-5-6-14;/h3-4,7,9-11,14,20H,2,5-6,8,23H2,1H3,(H,26,27);1H. The number of ether oxygens (including phenoxy) is 1. The molecule has 4 rings (SSSR count). The highest BCUT2D eigenvalue weighted by molar-refractivity contribution is 7.93. The van der Waals surface area contributed by atoms with Gasteiger partial charge in [0.05, 0.1) is 35.6 Å². The van der Waals surface area contributed by atoms with Gasteiger partial charge in [-0.3, -0.25) is 14.5 Å². The summed E-state index contributed by atoms with van der Waals surface area (Å²) in [5, 5.41) is 1.29. The summed E-state index contributed by atoms with van der Waals surface area (Å²) in [4.78, 5) is 25.1. The van der Waals surface area contributed by atoms with Crippen LogP contribution in [0.2, 0.25) is 0 Å². The number of thiazole rings is 1. The van der Waals surface area contributed by atoms with Gasteiger partial charge < -0.3 is 10.5 Å². The monoisotopic (exact) mass is 527 g/mol. The van der Waals surface area contributed by atoms with Crippen molar-refractivity contribution in [3.63, 3.8) is 0 Å². The lowest BCUT2D eigenvalue weighted by atomic mass is 10.0. The van der Waals surface area contributed by atoms with Crippen LogP contribution in [0.5, 0.6) is 5.88 Å². The molecular weight excluding hydrogens is 505 g/mol. The van der Waals surface area contributed by atoms with E-state index in [9.17, 15) is 17.6 Å². The molecule has 0 spiro atoms. The van der Waals surface area contributed by atoms with Gasteiger partial charge >= 0.3 is 0 Å². The van der Waals surface area contributed by atoms with Gasteiger partial charge in [-0.1, -0.05) is 12.1 Å². The second-order valence-electron chi connectivity index (χ2n) is 7.53. The summed E-state index contributed by atoms with van der Waals surface area (Å²) in [7, 11) is -3.45. The number of rotatable bonds is 10. The smallest absolute Gasteiger partial charge is 0.237 e. The molecular formula is C21H23ClFN5O4S2. The highest BCUT2D eigenvalue weighted by atomic mass is 35.5. The minimum Gasteiger partial charge on any atom is -0.477 e. The van der Waals surface area contributed by atoms with E-state index in [1.807, 2.05) is 6.92 Å². The van der Waals surface area contributed by atoms with Crippen molar-refractivity contribution in [3.8, 4) is 17.1 Å². The number of ketones is 1. The average molecular weight is 528 g/mol. The number of nitrogens with one attached hydrogen (secondary N) is 1. The molecule has 2 heterocycles. The van der Waals surface area contributed by atoms with Crippen LogP contribution in [0.1, 0.15) is 37.1 Å². The zero-order chi connectivity index (χ0) is 23.6. The van der Waals surface area contributed by atoms with Crippen molar-refractivity contribution in [3.05, 3.63) is 53.0 Å². The van der Waals surface area contributed by atoms with Gasteiger partial charge in [0, 0.05) is 17.4 Å². The molecule has 13 heteroatoms. The number of nitrogens with zero attached hydrogens (tertiary/aromatic N) is 3. The van der Waals surface area contributed by atoms with E-state index < -0.39 is 32.9 Å². The second kappa shape index (κ2) is 10.7. The normalized spacial score (nSPS) is 14.2. The number of halogens is 2. The fourth-order valence-corrected chi connectivity index (χ4v) is 5.42. The maximum absolute atomic E-state index is 14.7. The molecule has 1 saturated carbocycles. The number of hydrogen-bond donors (Lipinski definition) is 2. The third kappa shape index (κ3) is 6.06. The van der Waals surface area contributed by atoms with E-state index in [-0.39, 0.29) is 35.2 Å². The van der Waals surface area contributed by atoms with Crippen LogP contribution < -0.4 is 15.2 Å². The summed E-state index contributed by atoms with van der Waals surface area (Å²) in [5.41, 5.74) is 7.37. The first-order chi connectivity index (χ1) is 15.8. The molecule has 1 fully saturated rings. The first-order valence-electron chi connectivity index (χ1n) is 10.3. The molecule has 34 heavy (non-hydrogen) atoms. The van der Waals surface area contributed by atoms with Crippen molar-refractivity contribution in [1.29, 1.82) is 0 Å². The summed E-state index contributed by atoms with van der Waals surface area (Å²) in [6.07, 6.45) is 3.98. The summed E-state index contributed by atoms with van der Waals surface area (Å²) in [6.45, 7) is 2.25. The van der Waals surface area contributed by atoms with Gasteiger partial charge in [-0.2, -0.15) is 0 Å². The highest BCUT2D eigenvalue weighted by Crippen LogP contribution is 2.31. The Labute approximate surface area is 206 Å². The van der Waals surface area contributed by atoms with Crippen molar-refractivity contribution in [1.82, 2.24) is 15.0 Å². The number of anilines is 1. The number of Topliss-reactive ketones (excluding diaryl/α,β-unsaturated/α-hetero) is 1.